The third kappa shape index (κ3) is 3.48. The van der Waals surface area contributed by atoms with Crippen LogP contribution in [0.5, 0.6) is 5.75 Å². The standard InChI is InChI=1S/C14H19BrN2O2/c15-12-7-10(5-6-11(12)14(17)18)19-13-4-2-1-3-9(13)8-16/h5-7,9,13H,1-4,8,16H2,(H2,17,18). The summed E-state index contributed by atoms with van der Waals surface area (Å²) in [5.74, 6) is 0.724. The molecule has 0 bridgehead atoms. The molecule has 0 radical (unpaired) electrons. The number of amides is 1. The minimum Gasteiger partial charge on any atom is -0.490 e. The molecular formula is C14H19BrN2O2. The van der Waals surface area contributed by atoms with Crippen molar-refractivity contribution in [3.8, 4) is 5.75 Å². The lowest BCUT2D eigenvalue weighted by molar-refractivity contribution is 0.0967. The van der Waals surface area contributed by atoms with Crippen molar-refractivity contribution in [3.63, 3.8) is 0 Å². The molecule has 2 unspecified atom stereocenters. The smallest absolute Gasteiger partial charge is 0.249 e. The van der Waals surface area contributed by atoms with Crippen molar-refractivity contribution in [1.29, 1.82) is 0 Å². The Morgan fingerprint density at radius 2 is 2.11 bits per heavy atom. The van der Waals surface area contributed by atoms with Gasteiger partial charge >= 0.3 is 0 Å². The van der Waals surface area contributed by atoms with Crippen LogP contribution in [-0.4, -0.2) is 18.6 Å². The molecule has 2 atom stereocenters. The summed E-state index contributed by atoms with van der Waals surface area (Å²) in [6, 6.07) is 5.26. The number of rotatable bonds is 4. The van der Waals surface area contributed by atoms with E-state index in [4.69, 9.17) is 16.2 Å². The lowest BCUT2D eigenvalue weighted by Gasteiger charge is -2.31. The summed E-state index contributed by atoms with van der Waals surface area (Å²) in [5.41, 5.74) is 11.5. The van der Waals surface area contributed by atoms with Crippen LogP contribution in [0.2, 0.25) is 0 Å². The van der Waals surface area contributed by atoms with Gasteiger partial charge in [-0.15, -0.1) is 0 Å². The van der Waals surface area contributed by atoms with Gasteiger partial charge in [-0.1, -0.05) is 6.42 Å². The zero-order valence-electron chi connectivity index (χ0n) is 10.8. The second-order valence-electron chi connectivity index (χ2n) is 4.94. The van der Waals surface area contributed by atoms with E-state index in [2.05, 4.69) is 15.9 Å². The maximum Gasteiger partial charge on any atom is 0.249 e. The van der Waals surface area contributed by atoms with Crippen LogP contribution in [0.15, 0.2) is 22.7 Å². The lowest BCUT2D eigenvalue weighted by atomic mass is 9.86. The molecule has 0 spiro atoms. The zero-order valence-corrected chi connectivity index (χ0v) is 12.4. The molecule has 1 aromatic carbocycles. The van der Waals surface area contributed by atoms with Gasteiger partial charge in [0.05, 0.1) is 5.56 Å². The first kappa shape index (κ1) is 14.3. The Morgan fingerprint density at radius 1 is 1.37 bits per heavy atom. The molecule has 1 fully saturated rings. The van der Waals surface area contributed by atoms with E-state index >= 15 is 0 Å². The summed E-state index contributed by atoms with van der Waals surface area (Å²) in [4.78, 5) is 11.2. The van der Waals surface area contributed by atoms with Crippen molar-refractivity contribution in [2.75, 3.05) is 6.54 Å². The van der Waals surface area contributed by atoms with Gasteiger partial charge in [0.2, 0.25) is 5.91 Å². The average molecular weight is 327 g/mol. The van der Waals surface area contributed by atoms with E-state index in [0.29, 0.717) is 22.5 Å². The number of nitrogens with two attached hydrogens (primary N) is 2. The zero-order chi connectivity index (χ0) is 13.8. The molecule has 1 aliphatic rings. The number of carbonyl (C=O) groups excluding carboxylic acids is 1. The predicted molar refractivity (Wildman–Crippen MR) is 78.1 cm³/mol. The van der Waals surface area contributed by atoms with Gasteiger partial charge in [0.15, 0.2) is 0 Å². The SMILES string of the molecule is NCC1CCCCC1Oc1ccc(C(N)=O)c(Br)c1. The highest BCUT2D eigenvalue weighted by atomic mass is 79.9. The monoisotopic (exact) mass is 326 g/mol. The van der Waals surface area contributed by atoms with Crippen LogP contribution in [0.4, 0.5) is 0 Å². The van der Waals surface area contributed by atoms with E-state index in [0.717, 1.165) is 18.6 Å². The average Bonchev–Trinajstić information content (AvgIpc) is 2.39. The summed E-state index contributed by atoms with van der Waals surface area (Å²) in [6.07, 6.45) is 4.75. The molecule has 1 amide bonds. The van der Waals surface area contributed by atoms with Crippen molar-refractivity contribution in [1.82, 2.24) is 0 Å². The third-order valence-corrected chi connectivity index (χ3v) is 4.29. The molecule has 0 heterocycles. The predicted octanol–water partition coefficient (Wildman–Crippen LogP) is 2.44. The van der Waals surface area contributed by atoms with Gasteiger partial charge < -0.3 is 16.2 Å². The fourth-order valence-electron chi connectivity index (χ4n) is 2.54. The Balaban J connectivity index is 2.10. The van der Waals surface area contributed by atoms with E-state index in [1.807, 2.05) is 0 Å². The van der Waals surface area contributed by atoms with Gasteiger partial charge in [0.1, 0.15) is 11.9 Å². The maximum atomic E-state index is 11.2. The van der Waals surface area contributed by atoms with Gasteiger partial charge in [-0.3, -0.25) is 4.79 Å². The normalized spacial score (nSPS) is 23.1. The highest BCUT2D eigenvalue weighted by Crippen LogP contribution is 2.30. The molecule has 5 heteroatoms. The summed E-state index contributed by atoms with van der Waals surface area (Å²) in [6.45, 7) is 0.658. The molecule has 4 nitrogen and oxygen atoms in total. The molecule has 1 saturated carbocycles. The molecule has 0 saturated heterocycles. The Hall–Kier alpha value is -1.07. The second-order valence-corrected chi connectivity index (χ2v) is 5.80. The molecular weight excluding hydrogens is 308 g/mol. The number of carbonyl (C=O) groups is 1. The number of hydrogen-bond donors (Lipinski definition) is 2. The largest absolute Gasteiger partial charge is 0.490 e. The summed E-state index contributed by atoms with van der Waals surface area (Å²) >= 11 is 3.34. The lowest BCUT2D eigenvalue weighted by Crippen LogP contribution is -2.35. The van der Waals surface area contributed by atoms with Crippen molar-refractivity contribution in [3.05, 3.63) is 28.2 Å². The van der Waals surface area contributed by atoms with Gasteiger partial charge in [-0.2, -0.15) is 0 Å². The van der Waals surface area contributed by atoms with Crippen LogP contribution in [0.1, 0.15) is 36.0 Å². The summed E-state index contributed by atoms with van der Waals surface area (Å²) in [5, 5.41) is 0. The molecule has 0 aliphatic heterocycles. The topological polar surface area (TPSA) is 78.3 Å². The minimum absolute atomic E-state index is 0.171. The minimum atomic E-state index is -0.448. The Bertz CT molecular complexity index is 465. The molecule has 1 aliphatic carbocycles. The van der Waals surface area contributed by atoms with Gasteiger partial charge in [-0.05, 0) is 59.9 Å². The first-order valence-corrected chi connectivity index (χ1v) is 7.37. The van der Waals surface area contributed by atoms with Crippen LogP contribution >= 0.6 is 15.9 Å². The fourth-order valence-corrected chi connectivity index (χ4v) is 3.10. The first-order valence-electron chi connectivity index (χ1n) is 6.58. The van der Waals surface area contributed by atoms with E-state index < -0.39 is 5.91 Å². The van der Waals surface area contributed by atoms with Crippen molar-refractivity contribution >= 4 is 21.8 Å². The van der Waals surface area contributed by atoms with Crippen LogP contribution < -0.4 is 16.2 Å². The Labute approximate surface area is 121 Å². The Morgan fingerprint density at radius 3 is 2.74 bits per heavy atom. The van der Waals surface area contributed by atoms with Crippen molar-refractivity contribution in [2.45, 2.75) is 31.8 Å². The maximum absolute atomic E-state index is 11.2. The van der Waals surface area contributed by atoms with Crippen LogP contribution in [0.25, 0.3) is 0 Å². The van der Waals surface area contributed by atoms with Crippen LogP contribution in [-0.2, 0) is 0 Å². The first-order chi connectivity index (χ1) is 9.11. The van der Waals surface area contributed by atoms with E-state index in [1.165, 1.54) is 12.8 Å². The van der Waals surface area contributed by atoms with Crippen LogP contribution in [0, 0.1) is 5.92 Å². The molecule has 1 aromatic rings. The number of primary amides is 1. The molecule has 19 heavy (non-hydrogen) atoms. The number of halogens is 1. The van der Waals surface area contributed by atoms with E-state index in [1.54, 1.807) is 18.2 Å². The summed E-state index contributed by atoms with van der Waals surface area (Å²) in [7, 11) is 0. The third-order valence-electron chi connectivity index (χ3n) is 3.64. The highest BCUT2D eigenvalue weighted by molar-refractivity contribution is 9.10. The summed E-state index contributed by atoms with van der Waals surface area (Å²) < 4.78 is 6.68. The van der Waals surface area contributed by atoms with Gasteiger partial charge in [0, 0.05) is 10.4 Å². The Kier molecular flexibility index (Phi) is 4.82. The van der Waals surface area contributed by atoms with E-state index in [9.17, 15) is 4.79 Å². The van der Waals surface area contributed by atoms with Crippen molar-refractivity contribution in [2.24, 2.45) is 17.4 Å². The number of ether oxygens (including phenoxy) is 1. The van der Waals surface area contributed by atoms with Gasteiger partial charge in [-0.25, -0.2) is 0 Å². The molecule has 104 valence electrons. The quantitative estimate of drug-likeness (QED) is 0.891. The van der Waals surface area contributed by atoms with Crippen molar-refractivity contribution < 1.29 is 9.53 Å². The van der Waals surface area contributed by atoms with Gasteiger partial charge in [0.25, 0.3) is 0 Å². The molecule has 2 rings (SSSR count). The highest BCUT2D eigenvalue weighted by Gasteiger charge is 2.25. The van der Waals surface area contributed by atoms with Crippen LogP contribution in [0.3, 0.4) is 0 Å². The number of benzene rings is 1. The fraction of sp³-hybridized carbons (Fsp3) is 0.500. The van der Waals surface area contributed by atoms with E-state index in [-0.39, 0.29) is 6.10 Å². The molecule has 0 aromatic heterocycles. The number of hydrogen-bond acceptors (Lipinski definition) is 3. The second kappa shape index (κ2) is 6.39. The molecule has 4 N–H and O–H groups in total.